The Kier molecular flexibility index (Phi) is 4.74. The van der Waals surface area contributed by atoms with Crippen molar-refractivity contribution in [3.63, 3.8) is 0 Å². The van der Waals surface area contributed by atoms with Crippen molar-refractivity contribution in [1.29, 1.82) is 0 Å². The first kappa shape index (κ1) is 15.8. The summed E-state index contributed by atoms with van der Waals surface area (Å²) in [5.74, 6) is 6.62. The number of hydrogen-bond donors (Lipinski definition) is 2. The van der Waals surface area contributed by atoms with Gasteiger partial charge in [0.05, 0.1) is 28.6 Å². The number of ether oxygens (including phenoxy) is 1. The fraction of sp³-hybridized carbons (Fsp3) is 0.786. The molecule has 2 heterocycles. The molecule has 5 atom stereocenters. The van der Waals surface area contributed by atoms with Crippen molar-refractivity contribution in [2.75, 3.05) is 0 Å². The summed E-state index contributed by atoms with van der Waals surface area (Å²) >= 11 is 6.34. The first-order chi connectivity index (χ1) is 9.36. The fourth-order valence-electron chi connectivity index (χ4n) is 3.40. The average Bonchev–Trinajstić information content (AvgIpc) is 2.77. The lowest BCUT2D eigenvalue weighted by Gasteiger charge is -2.28. The highest BCUT2D eigenvalue weighted by atomic mass is 35.5. The highest BCUT2D eigenvalue weighted by Crippen LogP contribution is 2.36. The maximum atomic E-state index is 6.34. The van der Waals surface area contributed by atoms with Gasteiger partial charge in [0, 0.05) is 25.4 Å². The molecule has 5 nitrogen and oxygen atoms in total. The normalized spacial score (nSPS) is 31.8. The number of nitrogens with one attached hydrogen (secondary N) is 1. The molecule has 0 aliphatic carbocycles. The van der Waals surface area contributed by atoms with Gasteiger partial charge in [-0.05, 0) is 26.7 Å². The molecule has 1 aromatic heterocycles. The SMILES string of the molecule is Cc1nn(C)c(CC(NN)C2C(C)OC(C)C2C)c1Cl. The number of nitrogens with zero attached hydrogens (tertiary/aromatic N) is 2. The van der Waals surface area contributed by atoms with E-state index in [4.69, 9.17) is 22.2 Å². The van der Waals surface area contributed by atoms with Crippen LogP contribution >= 0.6 is 11.6 Å². The van der Waals surface area contributed by atoms with Crippen molar-refractivity contribution in [2.24, 2.45) is 24.7 Å². The van der Waals surface area contributed by atoms with E-state index in [2.05, 4.69) is 31.3 Å². The van der Waals surface area contributed by atoms with Gasteiger partial charge in [-0.15, -0.1) is 0 Å². The van der Waals surface area contributed by atoms with Crippen LogP contribution in [0.2, 0.25) is 5.02 Å². The average molecular weight is 301 g/mol. The maximum Gasteiger partial charge on any atom is 0.0847 e. The molecule has 5 unspecified atom stereocenters. The van der Waals surface area contributed by atoms with E-state index in [1.165, 1.54) is 0 Å². The number of hydrogen-bond acceptors (Lipinski definition) is 4. The lowest BCUT2D eigenvalue weighted by molar-refractivity contribution is 0.0475. The van der Waals surface area contributed by atoms with Crippen LogP contribution in [0, 0.1) is 18.8 Å². The molecular formula is C14H25ClN4O. The molecule has 6 heteroatoms. The molecule has 0 amide bonds. The molecule has 3 N–H and O–H groups in total. The van der Waals surface area contributed by atoms with Crippen LogP contribution in [-0.2, 0) is 18.2 Å². The van der Waals surface area contributed by atoms with Crippen LogP contribution in [0.25, 0.3) is 0 Å². The standard InChI is InChI=1S/C14H25ClN4O/c1-7-9(3)20-10(4)13(7)11(17-16)6-12-14(15)8(2)18-19(12)5/h7,9-11,13,17H,6,16H2,1-5H3. The maximum absolute atomic E-state index is 6.34. The van der Waals surface area contributed by atoms with E-state index in [1.54, 1.807) is 0 Å². The zero-order valence-electron chi connectivity index (χ0n) is 12.9. The van der Waals surface area contributed by atoms with Gasteiger partial charge in [-0.2, -0.15) is 5.10 Å². The molecule has 1 aliphatic heterocycles. The van der Waals surface area contributed by atoms with Crippen LogP contribution in [0.4, 0.5) is 0 Å². The van der Waals surface area contributed by atoms with Crippen LogP contribution in [-0.4, -0.2) is 28.0 Å². The van der Waals surface area contributed by atoms with Crippen LogP contribution in [0.1, 0.15) is 32.2 Å². The van der Waals surface area contributed by atoms with Gasteiger partial charge in [0.2, 0.25) is 0 Å². The first-order valence-corrected chi connectivity index (χ1v) is 7.54. The molecular weight excluding hydrogens is 276 g/mol. The number of rotatable bonds is 4. The molecule has 1 fully saturated rings. The summed E-state index contributed by atoms with van der Waals surface area (Å²) in [6.45, 7) is 8.38. The van der Waals surface area contributed by atoms with Crippen LogP contribution in [0.3, 0.4) is 0 Å². The summed E-state index contributed by atoms with van der Waals surface area (Å²) in [6.07, 6.45) is 1.20. The second-order valence-electron chi connectivity index (χ2n) is 5.93. The molecule has 1 aliphatic rings. The van der Waals surface area contributed by atoms with E-state index in [0.29, 0.717) is 11.8 Å². The lowest BCUT2D eigenvalue weighted by Crippen LogP contribution is -2.47. The number of nitrogens with two attached hydrogens (primary N) is 1. The van der Waals surface area contributed by atoms with Gasteiger partial charge in [0.1, 0.15) is 0 Å². The minimum Gasteiger partial charge on any atom is -0.375 e. The predicted molar refractivity (Wildman–Crippen MR) is 80.4 cm³/mol. The van der Waals surface area contributed by atoms with Crippen molar-refractivity contribution in [2.45, 2.75) is 52.4 Å². The van der Waals surface area contributed by atoms with Gasteiger partial charge in [-0.3, -0.25) is 16.0 Å². The summed E-state index contributed by atoms with van der Waals surface area (Å²) in [5, 5.41) is 5.10. The molecule has 2 rings (SSSR count). The van der Waals surface area contributed by atoms with Crippen molar-refractivity contribution >= 4 is 11.6 Å². The van der Waals surface area contributed by atoms with Crippen molar-refractivity contribution in [3.05, 3.63) is 16.4 Å². The minimum absolute atomic E-state index is 0.122. The fourth-order valence-corrected chi connectivity index (χ4v) is 3.64. The Morgan fingerprint density at radius 1 is 1.40 bits per heavy atom. The molecule has 20 heavy (non-hydrogen) atoms. The van der Waals surface area contributed by atoms with Crippen molar-refractivity contribution < 1.29 is 4.74 Å². The third kappa shape index (κ3) is 2.72. The number of hydrazine groups is 1. The molecule has 0 saturated carbocycles. The van der Waals surface area contributed by atoms with Crippen LogP contribution < -0.4 is 11.3 Å². The third-order valence-electron chi connectivity index (χ3n) is 4.67. The van der Waals surface area contributed by atoms with E-state index >= 15 is 0 Å². The molecule has 0 spiro atoms. The predicted octanol–water partition coefficient (Wildman–Crippen LogP) is 1.82. The second kappa shape index (κ2) is 6.02. The Hall–Kier alpha value is -0.620. The Balaban J connectivity index is 2.21. The van der Waals surface area contributed by atoms with Gasteiger partial charge in [-0.25, -0.2) is 0 Å². The van der Waals surface area contributed by atoms with Gasteiger partial charge in [0.25, 0.3) is 0 Å². The minimum atomic E-state index is 0.122. The summed E-state index contributed by atoms with van der Waals surface area (Å²) in [6, 6.07) is 0.122. The van der Waals surface area contributed by atoms with E-state index < -0.39 is 0 Å². The summed E-state index contributed by atoms with van der Waals surface area (Å²) in [4.78, 5) is 0. The smallest absolute Gasteiger partial charge is 0.0847 e. The van der Waals surface area contributed by atoms with Crippen molar-refractivity contribution in [3.8, 4) is 0 Å². The molecule has 0 aromatic carbocycles. The van der Waals surface area contributed by atoms with E-state index in [0.717, 1.165) is 22.8 Å². The van der Waals surface area contributed by atoms with E-state index in [9.17, 15) is 0 Å². The quantitative estimate of drug-likeness (QED) is 0.657. The Morgan fingerprint density at radius 3 is 2.45 bits per heavy atom. The summed E-state index contributed by atoms with van der Waals surface area (Å²) < 4.78 is 7.77. The molecule has 1 saturated heterocycles. The molecule has 114 valence electrons. The zero-order valence-corrected chi connectivity index (χ0v) is 13.6. The van der Waals surface area contributed by atoms with Crippen LogP contribution in [0.15, 0.2) is 0 Å². The number of aromatic nitrogens is 2. The van der Waals surface area contributed by atoms with Gasteiger partial charge < -0.3 is 4.74 Å². The Morgan fingerprint density at radius 2 is 2.05 bits per heavy atom. The van der Waals surface area contributed by atoms with E-state index in [1.807, 2.05) is 18.7 Å². The van der Waals surface area contributed by atoms with Gasteiger partial charge in [-0.1, -0.05) is 18.5 Å². The topological polar surface area (TPSA) is 65.1 Å². The van der Waals surface area contributed by atoms with Gasteiger partial charge in [0.15, 0.2) is 0 Å². The van der Waals surface area contributed by atoms with Crippen LogP contribution in [0.5, 0.6) is 0 Å². The lowest BCUT2D eigenvalue weighted by atomic mass is 9.82. The number of halogens is 1. The molecule has 0 radical (unpaired) electrons. The van der Waals surface area contributed by atoms with Gasteiger partial charge >= 0.3 is 0 Å². The largest absolute Gasteiger partial charge is 0.375 e. The second-order valence-corrected chi connectivity index (χ2v) is 6.31. The highest BCUT2D eigenvalue weighted by Gasteiger charge is 2.41. The first-order valence-electron chi connectivity index (χ1n) is 7.16. The Labute approximate surface area is 125 Å². The Bertz CT molecular complexity index is 476. The van der Waals surface area contributed by atoms with E-state index in [-0.39, 0.29) is 18.2 Å². The monoisotopic (exact) mass is 300 g/mol. The third-order valence-corrected chi connectivity index (χ3v) is 5.16. The molecule has 1 aromatic rings. The van der Waals surface area contributed by atoms with Crippen molar-refractivity contribution in [1.82, 2.24) is 15.2 Å². The summed E-state index contributed by atoms with van der Waals surface area (Å²) in [7, 11) is 1.92. The molecule has 0 bridgehead atoms. The zero-order chi connectivity index (χ0) is 15.0. The highest BCUT2D eigenvalue weighted by molar-refractivity contribution is 6.31. The number of aryl methyl sites for hydroxylation is 2. The summed E-state index contributed by atoms with van der Waals surface area (Å²) in [5.41, 5.74) is 4.84.